The maximum atomic E-state index is 11.4. The number of ether oxygens (including phenoxy) is 1. The molecule has 0 aliphatic heterocycles. The van der Waals surface area contributed by atoms with Crippen molar-refractivity contribution in [3.63, 3.8) is 0 Å². The molecule has 0 unspecified atom stereocenters. The Morgan fingerprint density at radius 2 is 2.23 bits per heavy atom. The number of pyridine rings is 1. The van der Waals surface area contributed by atoms with Crippen LogP contribution in [0.4, 0.5) is 0 Å². The fraction of sp³-hybridized carbons (Fsp3) is 0.188. The molecule has 0 bridgehead atoms. The van der Waals surface area contributed by atoms with Gasteiger partial charge in [0.15, 0.2) is 0 Å². The van der Waals surface area contributed by atoms with Crippen molar-refractivity contribution in [1.82, 2.24) is 14.8 Å². The molecular formula is C16H14ClN3O2. The van der Waals surface area contributed by atoms with Crippen molar-refractivity contribution in [2.45, 2.75) is 6.92 Å². The number of aryl methyl sites for hydroxylation is 1. The van der Waals surface area contributed by atoms with Gasteiger partial charge < -0.3 is 4.74 Å². The van der Waals surface area contributed by atoms with Crippen molar-refractivity contribution >= 4 is 45.6 Å². The van der Waals surface area contributed by atoms with Gasteiger partial charge in [-0.25, -0.2) is 9.78 Å². The highest BCUT2D eigenvalue weighted by molar-refractivity contribution is 6.39. The zero-order valence-electron chi connectivity index (χ0n) is 12.2. The van der Waals surface area contributed by atoms with Crippen LogP contribution in [0.5, 0.6) is 0 Å². The molecule has 0 aliphatic rings. The van der Waals surface area contributed by atoms with Crippen LogP contribution in [0.15, 0.2) is 30.5 Å². The summed E-state index contributed by atoms with van der Waals surface area (Å²) in [6.45, 7) is 2.13. The summed E-state index contributed by atoms with van der Waals surface area (Å²) in [4.78, 5) is 15.9. The zero-order chi connectivity index (χ0) is 15.7. The second kappa shape index (κ2) is 5.77. The molecule has 1 aromatic carbocycles. The number of carbonyl (C=O) groups excluding carboxylic acids is 1. The third-order valence-corrected chi connectivity index (χ3v) is 3.71. The van der Waals surface area contributed by atoms with E-state index in [1.165, 1.54) is 6.08 Å². The SMILES string of the molecule is CCOC(=O)/C=C/c1ccc2nc3cnn(C)c3c(Cl)c2c1. The monoisotopic (exact) mass is 315 g/mol. The van der Waals surface area contributed by atoms with Crippen LogP contribution >= 0.6 is 11.6 Å². The molecule has 0 saturated heterocycles. The number of nitrogens with zero attached hydrogens (tertiary/aromatic N) is 3. The molecule has 0 atom stereocenters. The number of fused-ring (bicyclic) bond motifs is 2. The maximum Gasteiger partial charge on any atom is 0.330 e. The second-order valence-corrected chi connectivity index (χ2v) is 5.17. The Balaban J connectivity index is 2.09. The van der Waals surface area contributed by atoms with E-state index < -0.39 is 0 Å². The Bertz CT molecular complexity index is 899. The van der Waals surface area contributed by atoms with Gasteiger partial charge in [0, 0.05) is 18.5 Å². The Labute approximate surface area is 132 Å². The molecule has 0 saturated carbocycles. The first kappa shape index (κ1) is 14.5. The molecule has 0 amide bonds. The number of hydrogen-bond acceptors (Lipinski definition) is 4. The highest BCUT2D eigenvalue weighted by Crippen LogP contribution is 2.30. The third-order valence-electron chi connectivity index (χ3n) is 3.32. The standard InChI is InChI=1S/C16H14ClN3O2/c1-3-22-14(21)7-5-10-4-6-12-11(8-10)15(17)16-13(19-12)9-18-20(16)2/h4-9H,3H2,1-2H3/b7-5+. The summed E-state index contributed by atoms with van der Waals surface area (Å²) in [5.74, 6) is -0.367. The van der Waals surface area contributed by atoms with Gasteiger partial charge in [-0.2, -0.15) is 5.10 Å². The minimum absolute atomic E-state index is 0.356. The molecule has 0 radical (unpaired) electrons. The Morgan fingerprint density at radius 3 is 3.00 bits per heavy atom. The van der Waals surface area contributed by atoms with Gasteiger partial charge in [-0.1, -0.05) is 17.7 Å². The van der Waals surface area contributed by atoms with Gasteiger partial charge in [-0.05, 0) is 30.7 Å². The number of halogens is 1. The van der Waals surface area contributed by atoms with E-state index in [2.05, 4.69) is 10.1 Å². The van der Waals surface area contributed by atoms with Gasteiger partial charge in [0.05, 0.1) is 23.3 Å². The number of aromatic nitrogens is 3. The first-order valence-corrected chi connectivity index (χ1v) is 7.23. The molecule has 22 heavy (non-hydrogen) atoms. The molecule has 3 rings (SSSR count). The quantitative estimate of drug-likeness (QED) is 0.549. The Morgan fingerprint density at radius 1 is 1.41 bits per heavy atom. The summed E-state index contributed by atoms with van der Waals surface area (Å²) in [7, 11) is 1.83. The van der Waals surface area contributed by atoms with Crippen LogP contribution in [0.2, 0.25) is 5.02 Å². The van der Waals surface area contributed by atoms with Crippen molar-refractivity contribution in [3.8, 4) is 0 Å². The highest BCUT2D eigenvalue weighted by atomic mass is 35.5. The molecule has 3 aromatic rings. The van der Waals surface area contributed by atoms with Gasteiger partial charge in [0.2, 0.25) is 0 Å². The van der Waals surface area contributed by atoms with Crippen molar-refractivity contribution in [2.24, 2.45) is 7.05 Å². The van der Waals surface area contributed by atoms with Gasteiger partial charge in [0.1, 0.15) is 11.0 Å². The minimum atomic E-state index is -0.367. The number of benzene rings is 1. The van der Waals surface area contributed by atoms with Gasteiger partial charge in [-0.3, -0.25) is 4.68 Å². The maximum absolute atomic E-state index is 11.4. The van der Waals surface area contributed by atoms with Crippen LogP contribution in [0.1, 0.15) is 12.5 Å². The fourth-order valence-electron chi connectivity index (χ4n) is 2.30. The lowest BCUT2D eigenvalue weighted by Crippen LogP contribution is -1.98. The van der Waals surface area contributed by atoms with Crippen molar-refractivity contribution < 1.29 is 9.53 Å². The van der Waals surface area contributed by atoms with Crippen molar-refractivity contribution in [3.05, 3.63) is 41.1 Å². The van der Waals surface area contributed by atoms with Crippen molar-refractivity contribution in [2.75, 3.05) is 6.61 Å². The summed E-state index contributed by atoms with van der Waals surface area (Å²) >= 11 is 6.49. The third kappa shape index (κ3) is 2.55. The molecule has 0 fully saturated rings. The van der Waals surface area contributed by atoms with Crippen LogP contribution in [-0.2, 0) is 16.6 Å². The van der Waals surface area contributed by atoms with E-state index >= 15 is 0 Å². The Kier molecular flexibility index (Phi) is 3.81. The van der Waals surface area contributed by atoms with E-state index in [1.54, 1.807) is 23.9 Å². The summed E-state index contributed by atoms with van der Waals surface area (Å²) in [5, 5.41) is 5.60. The number of carbonyl (C=O) groups is 1. The molecule has 5 nitrogen and oxygen atoms in total. The molecule has 0 aliphatic carbocycles. The fourth-order valence-corrected chi connectivity index (χ4v) is 2.68. The predicted molar refractivity (Wildman–Crippen MR) is 86.7 cm³/mol. The molecule has 112 valence electrons. The van der Waals surface area contributed by atoms with E-state index in [9.17, 15) is 4.79 Å². The van der Waals surface area contributed by atoms with Crippen molar-refractivity contribution in [1.29, 1.82) is 0 Å². The summed E-state index contributed by atoms with van der Waals surface area (Å²) < 4.78 is 6.56. The second-order valence-electron chi connectivity index (χ2n) is 4.79. The predicted octanol–water partition coefficient (Wildman–Crippen LogP) is 3.35. The van der Waals surface area contributed by atoms with Gasteiger partial charge in [0.25, 0.3) is 0 Å². The number of hydrogen-bond donors (Lipinski definition) is 0. The smallest absolute Gasteiger partial charge is 0.330 e. The van der Waals surface area contributed by atoms with E-state index in [0.29, 0.717) is 11.6 Å². The average molecular weight is 316 g/mol. The topological polar surface area (TPSA) is 57.0 Å². The lowest BCUT2D eigenvalue weighted by Gasteiger charge is -2.04. The number of rotatable bonds is 3. The molecule has 0 N–H and O–H groups in total. The summed E-state index contributed by atoms with van der Waals surface area (Å²) in [5.41, 5.74) is 3.19. The highest BCUT2D eigenvalue weighted by Gasteiger charge is 2.11. The van der Waals surface area contributed by atoms with E-state index in [4.69, 9.17) is 16.3 Å². The summed E-state index contributed by atoms with van der Waals surface area (Å²) in [6, 6.07) is 5.65. The number of esters is 1. The molecule has 2 heterocycles. The van der Waals surface area contributed by atoms with Crippen LogP contribution in [0, 0.1) is 0 Å². The van der Waals surface area contributed by atoms with E-state index in [0.717, 1.165) is 27.5 Å². The van der Waals surface area contributed by atoms with E-state index in [1.807, 2.05) is 25.2 Å². The van der Waals surface area contributed by atoms with Crippen LogP contribution in [-0.4, -0.2) is 27.3 Å². The van der Waals surface area contributed by atoms with Crippen LogP contribution < -0.4 is 0 Å². The summed E-state index contributed by atoms with van der Waals surface area (Å²) in [6.07, 6.45) is 4.78. The zero-order valence-corrected chi connectivity index (χ0v) is 13.0. The Hall–Kier alpha value is -2.40. The lowest BCUT2D eigenvalue weighted by atomic mass is 10.1. The lowest BCUT2D eigenvalue weighted by molar-refractivity contribution is -0.137. The minimum Gasteiger partial charge on any atom is -0.463 e. The first-order chi connectivity index (χ1) is 10.6. The molecular weight excluding hydrogens is 302 g/mol. The van der Waals surface area contributed by atoms with Crippen LogP contribution in [0.25, 0.3) is 28.0 Å². The van der Waals surface area contributed by atoms with Crippen LogP contribution in [0.3, 0.4) is 0 Å². The molecule has 6 heteroatoms. The van der Waals surface area contributed by atoms with Gasteiger partial charge >= 0.3 is 5.97 Å². The largest absolute Gasteiger partial charge is 0.463 e. The first-order valence-electron chi connectivity index (χ1n) is 6.86. The van der Waals surface area contributed by atoms with Gasteiger partial charge in [-0.15, -0.1) is 0 Å². The molecule has 0 spiro atoms. The molecule has 2 aromatic heterocycles. The van der Waals surface area contributed by atoms with E-state index in [-0.39, 0.29) is 5.97 Å². The normalized spacial score (nSPS) is 11.6. The average Bonchev–Trinajstić information content (AvgIpc) is 2.87.